The number of amides is 1. The third-order valence-corrected chi connectivity index (χ3v) is 4.66. The molecule has 1 fully saturated rings. The van der Waals surface area contributed by atoms with Crippen molar-refractivity contribution < 1.29 is 13.2 Å². The van der Waals surface area contributed by atoms with E-state index in [0.29, 0.717) is 18.4 Å². The summed E-state index contributed by atoms with van der Waals surface area (Å²) in [6, 6.07) is 6.14. The zero-order chi connectivity index (χ0) is 16.3. The van der Waals surface area contributed by atoms with Crippen molar-refractivity contribution in [3.8, 4) is 0 Å². The summed E-state index contributed by atoms with van der Waals surface area (Å²) in [7, 11) is -3.86. The lowest BCUT2D eigenvalue weighted by molar-refractivity contribution is -0.124. The molecule has 1 aliphatic heterocycles. The molecule has 0 aliphatic carbocycles. The lowest BCUT2D eigenvalue weighted by Crippen LogP contribution is -2.48. The van der Waals surface area contributed by atoms with Gasteiger partial charge >= 0.3 is 0 Å². The number of carbonyl (C=O) groups excluding carboxylic acids is 1. The molecule has 0 aromatic heterocycles. The van der Waals surface area contributed by atoms with E-state index < -0.39 is 16.3 Å². The topological polar surface area (TPSA) is 142 Å². The highest BCUT2D eigenvalue weighted by molar-refractivity contribution is 7.86. The largest absolute Gasteiger partial charge is 0.384 e. The minimum atomic E-state index is -3.86. The molecular weight excluding hydrogens is 306 g/mol. The van der Waals surface area contributed by atoms with E-state index >= 15 is 0 Å². The number of hydrogen-bond acceptors (Lipinski definition) is 4. The van der Waals surface area contributed by atoms with Gasteiger partial charge in [0.15, 0.2) is 0 Å². The Morgan fingerprint density at radius 1 is 1.36 bits per heavy atom. The SMILES string of the molecule is N=C(N)c1ccc(CNC(=O)[C@@H]2CCCN2S(N)(=O)=O)cc1. The predicted octanol–water partition coefficient (Wildman–Crippen LogP) is -0.745. The Balaban J connectivity index is 1.96. The first-order valence-electron chi connectivity index (χ1n) is 6.79. The fourth-order valence-electron chi connectivity index (χ4n) is 2.42. The summed E-state index contributed by atoms with van der Waals surface area (Å²) in [5.74, 6) is -0.382. The fourth-order valence-corrected chi connectivity index (χ4v) is 3.36. The molecule has 1 amide bonds. The Labute approximate surface area is 129 Å². The summed E-state index contributed by atoms with van der Waals surface area (Å²) in [6.45, 7) is 0.538. The standard InChI is InChI=1S/C13H19N5O3S/c14-12(15)10-5-3-9(4-6-10)8-17-13(19)11-2-1-7-18(11)22(16,20)21/h3-6,11H,1-2,7-8H2,(H3,14,15)(H,17,19)(H2,16,20,21)/t11-/m0/s1. The number of nitrogen functional groups attached to an aromatic ring is 1. The second-order valence-electron chi connectivity index (χ2n) is 5.14. The van der Waals surface area contributed by atoms with Crippen LogP contribution < -0.4 is 16.2 Å². The van der Waals surface area contributed by atoms with E-state index in [9.17, 15) is 13.2 Å². The summed E-state index contributed by atoms with van der Waals surface area (Å²) in [5.41, 5.74) is 6.80. The molecule has 1 atom stereocenters. The molecule has 8 nitrogen and oxygen atoms in total. The lowest BCUT2D eigenvalue weighted by atomic mass is 10.1. The van der Waals surface area contributed by atoms with Crippen molar-refractivity contribution in [3.05, 3.63) is 35.4 Å². The molecule has 22 heavy (non-hydrogen) atoms. The van der Waals surface area contributed by atoms with Crippen LogP contribution in [0, 0.1) is 5.41 Å². The molecule has 120 valence electrons. The molecule has 0 saturated carbocycles. The van der Waals surface area contributed by atoms with Crippen molar-refractivity contribution in [2.24, 2.45) is 10.9 Å². The van der Waals surface area contributed by atoms with E-state index in [1.54, 1.807) is 24.3 Å². The van der Waals surface area contributed by atoms with Crippen molar-refractivity contribution in [1.29, 1.82) is 5.41 Å². The lowest BCUT2D eigenvalue weighted by Gasteiger charge is -2.20. The first-order chi connectivity index (χ1) is 10.3. The number of nitrogens with zero attached hydrogens (tertiary/aromatic N) is 1. The molecule has 2 rings (SSSR count). The molecule has 9 heteroatoms. The highest BCUT2D eigenvalue weighted by Crippen LogP contribution is 2.19. The third kappa shape index (κ3) is 3.81. The Morgan fingerprint density at radius 2 is 2.00 bits per heavy atom. The van der Waals surface area contributed by atoms with Gasteiger partial charge in [-0.2, -0.15) is 12.7 Å². The Bertz CT molecular complexity index is 671. The molecule has 1 heterocycles. The zero-order valence-electron chi connectivity index (χ0n) is 12.0. The average molecular weight is 325 g/mol. The summed E-state index contributed by atoms with van der Waals surface area (Å²) in [5, 5.41) is 15.1. The highest BCUT2D eigenvalue weighted by atomic mass is 32.2. The second-order valence-corrected chi connectivity index (χ2v) is 6.64. The first-order valence-corrected chi connectivity index (χ1v) is 8.30. The maximum atomic E-state index is 12.1. The summed E-state index contributed by atoms with van der Waals surface area (Å²) in [4.78, 5) is 12.1. The quantitative estimate of drug-likeness (QED) is 0.417. The van der Waals surface area contributed by atoms with E-state index in [0.717, 1.165) is 9.87 Å². The Kier molecular flexibility index (Phi) is 4.79. The number of nitrogens with one attached hydrogen (secondary N) is 2. The van der Waals surface area contributed by atoms with Gasteiger partial charge in [-0.1, -0.05) is 24.3 Å². The number of rotatable bonds is 5. The van der Waals surface area contributed by atoms with Crippen LogP contribution in [0.1, 0.15) is 24.0 Å². The molecule has 0 unspecified atom stereocenters. The van der Waals surface area contributed by atoms with Crippen molar-refractivity contribution in [2.45, 2.75) is 25.4 Å². The average Bonchev–Trinajstić information content (AvgIpc) is 2.94. The smallest absolute Gasteiger partial charge is 0.277 e. The van der Waals surface area contributed by atoms with Gasteiger partial charge in [0.1, 0.15) is 11.9 Å². The molecule has 0 radical (unpaired) electrons. The van der Waals surface area contributed by atoms with Gasteiger partial charge in [-0.05, 0) is 18.4 Å². The van der Waals surface area contributed by atoms with E-state index in [1.807, 2.05) is 0 Å². The van der Waals surface area contributed by atoms with Crippen molar-refractivity contribution >= 4 is 22.0 Å². The van der Waals surface area contributed by atoms with Crippen LogP contribution in [0.5, 0.6) is 0 Å². The van der Waals surface area contributed by atoms with Gasteiger partial charge in [-0.15, -0.1) is 0 Å². The molecule has 6 N–H and O–H groups in total. The van der Waals surface area contributed by atoms with Crippen LogP contribution in [-0.2, 0) is 21.5 Å². The Hall–Kier alpha value is -1.97. The van der Waals surface area contributed by atoms with Gasteiger partial charge < -0.3 is 11.1 Å². The third-order valence-electron chi connectivity index (χ3n) is 3.56. The van der Waals surface area contributed by atoms with Gasteiger partial charge in [0.2, 0.25) is 5.91 Å². The van der Waals surface area contributed by atoms with Gasteiger partial charge in [0.05, 0.1) is 0 Å². The second kappa shape index (κ2) is 6.42. The molecule has 1 aromatic rings. The maximum Gasteiger partial charge on any atom is 0.277 e. The zero-order valence-corrected chi connectivity index (χ0v) is 12.8. The molecule has 1 aliphatic rings. The molecular formula is C13H19N5O3S. The fraction of sp³-hybridized carbons (Fsp3) is 0.385. The van der Waals surface area contributed by atoms with E-state index in [2.05, 4.69) is 5.32 Å². The van der Waals surface area contributed by atoms with Gasteiger partial charge in [-0.25, -0.2) is 5.14 Å². The highest BCUT2D eigenvalue weighted by Gasteiger charge is 2.36. The molecule has 1 saturated heterocycles. The van der Waals surface area contributed by atoms with Gasteiger partial charge in [0, 0.05) is 18.7 Å². The minimum Gasteiger partial charge on any atom is -0.384 e. The normalized spacial score (nSPS) is 19.0. The Morgan fingerprint density at radius 3 is 2.55 bits per heavy atom. The van der Waals surface area contributed by atoms with E-state index in [-0.39, 0.29) is 24.8 Å². The summed E-state index contributed by atoms with van der Waals surface area (Å²) < 4.78 is 23.9. The van der Waals surface area contributed by atoms with E-state index in [4.69, 9.17) is 16.3 Å². The number of nitrogens with two attached hydrogens (primary N) is 2. The van der Waals surface area contributed by atoms with Gasteiger partial charge in [-0.3, -0.25) is 10.2 Å². The predicted molar refractivity (Wildman–Crippen MR) is 82.1 cm³/mol. The van der Waals surface area contributed by atoms with Crippen LogP contribution in [0.3, 0.4) is 0 Å². The molecule has 0 bridgehead atoms. The monoisotopic (exact) mass is 325 g/mol. The summed E-state index contributed by atoms with van der Waals surface area (Å²) >= 11 is 0. The number of hydrogen-bond donors (Lipinski definition) is 4. The maximum absolute atomic E-state index is 12.1. The van der Waals surface area contributed by atoms with Crippen molar-refractivity contribution in [1.82, 2.24) is 9.62 Å². The van der Waals surface area contributed by atoms with Crippen LogP contribution >= 0.6 is 0 Å². The number of benzene rings is 1. The van der Waals surface area contributed by atoms with Crippen LogP contribution in [0.15, 0.2) is 24.3 Å². The van der Waals surface area contributed by atoms with Crippen LogP contribution in [0.2, 0.25) is 0 Å². The van der Waals surface area contributed by atoms with Crippen LogP contribution in [-0.4, -0.2) is 37.1 Å². The van der Waals surface area contributed by atoms with Gasteiger partial charge in [0.25, 0.3) is 10.2 Å². The van der Waals surface area contributed by atoms with Crippen molar-refractivity contribution in [2.75, 3.05) is 6.54 Å². The van der Waals surface area contributed by atoms with E-state index in [1.165, 1.54) is 0 Å². The van der Waals surface area contributed by atoms with Crippen LogP contribution in [0.4, 0.5) is 0 Å². The molecule has 0 spiro atoms. The summed E-state index contributed by atoms with van der Waals surface area (Å²) in [6.07, 6.45) is 1.08. The van der Waals surface area contributed by atoms with Crippen molar-refractivity contribution in [3.63, 3.8) is 0 Å². The van der Waals surface area contributed by atoms with Crippen LogP contribution in [0.25, 0.3) is 0 Å². The molecule has 1 aromatic carbocycles. The number of amidine groups is 1. The number of carbonyl (C=O) groups is 1. The first kappa shape index (κ1) is 16.4. The minimum absolute atomic E-state index is 0.0228.